The smallest absolute Gasteiger partial charge is 0.246 e. The van der Waals surface area contributed by atoms with Crippen LogP contribution in [0.2, 0.25) is 0 Å². The highest BCUT2D eigenvalue weighted by atomic mass is 32.2. The van der Waals surface area contributed by atoms with Crippen molar-refractivity contribution < 1.29 is 23.2 Å². The summed E-state index contributed by atoms with van der Waals surface area (Å²) < 4.78 is 26.8. The first kappa shape index (κ1) is 19.8. The molecule has 28 heavy (non-hydrogen) atoms. The van der Waals surface area contributed by atoms with E-state index in [1.807, 2.05) is 12.1 Å². The summed E-state index contributed by atoms with van der Waals surface area (Å²) in [7, 11) is 1.36. The number of para-hydroxylation sites is 1. The van der Waals surface area contributed by atoms with Crippen molar-refractivity contribution in [2.75, 3.05) is 24.2 Å². The molecule has 1 atom stereocenters. The van der Waals surface area contributed by atoms with Gasteiger partial charge in [0.05, 0.1) is 11.4 Å². The Kier molecular flexibility index (Phi) is 5.93. The van der Waals surface area contributed by atoms with Crippen molar-refractivity contribution in [3.8, 4) is 0 Å². The summed E-state index contributed by atoms with van der Waals surface area (Å²) in [5, 5.41) is 4.87. The van der Waals surface area contributed by atoms with Crippen LogP contribution in [0.3, 0.4) is 0 Å². The quantitative estimate of drug-likeness (QED) is 0.798. The molecule has 0 fully saturated rings. The molecule has 6 nitrogen and oxygen atoms in total. The van der Waals surface area contributed by atoms with Crippen LogP contribution in [-0.4, -0.2) is 37.1 Å². The number of amides is 3. The van der Waals surface area contributed by atoms with Gasteiger partial charge in [0.1, 0.15) is 12.6 Å². The largest absolute Gasteiger partial charge is 0.357 e. The molecule has 3 rings (SSSR count). The molecule has 9 heteroatoms. The van der Waals surface area contributed by atoms with E-state index in [9.17, 15) is 23.2 Å². The number of rotatable bonds is 5. The van der Waals surface area contributed by atoms with E-state index in [4.69, 9.17) is 0 Å². The number of benzene rings is 2. The molecular formula is C19H17F2N3O3S. The monoisotopic (exact) mass is 405 g/mol. The number of thioether (sulfide) groups is 1. The average molecular weight is 405 g/mol. The maximum Gasteiger partial charge on any atom is 0.246 e. The summed E-state index contributed by atoms with van der Waals surface area (Å²) in [5.41, 5.74) is 0.704. The lowest BCUT2D eigenvalue weighted by Crippen LogP contribution is -2.46. The van der Waals surface area contributed by atoms with Crippen molar-refractivity contribution >= 4 is 35.2 Å². The predicted molar refractivity (Wildman–Crippen MR) is 101 cm³/mol. The standard InChI is InChI=1S/C19H17F2N3O3S/c1-22-19(27)18(11-6-7-12(20)13(21)8-11)23-16(25)9-24-14-4-2-3-5-15(14)28-10-17(24)26/h2-8,18H,9-10H2,1H3,(H,22,27)(H,23,25). The zero-order valence-corrected chi connectivity index (χ0v) is 15.7. The van der Waals surface area contributed by atoms with Crippen LogP contribution < -0.4 is 15.5 Å². The molecular weight excluding hydrogens is 388 g/mol. The van der Waals surface area contributed by atoms with Crippen molar-refractivity contribution in [1.29, 1.82) is 0 Å². The van der Waals surface area contributed by atoms with Crippen LogP contribution in [0.5, 0.6) is 0 Å². The number of carbonyl (C=O) groups is 3. The van der Waals surface area contributed by atoms with Gasteiger partial charge >= 0.3 is 0 Å². The fraction of sp³-hybridized carbons (Fsp3) is 0.211. The van der Waals surface area contributed by atoms with Gasteiger partial charge in [-0.2, -0.15) is 0 Å². The number of carbonyl (C=O) groups excluding carboxylic acids is 3. The van der Waals surface area contributed by atoms with E-state index < -0.39 is 29.5 Å². The van der Waals surface area contributed by atoms with Crippen molar-refractivity contribution in [1.82, 2.24) is 10.6 Å². The Hall–Kier alpha value is -2.94. The number of likely N-dealkylation sites (N-methyl/N-ethyl adjacent to an activating group) is 1. The number of anilines is 1. The Morgan fingerprint density at radius 3 is 2.64 bits per heavy atom. The highest BCUT2D eigenvalue weighted by Crippen LogP contribution is 2.34. The van der Waals surface area contributed by atoms with E-state index in [1.165, 1.54) is 29.8 Å². The van der Waals surface area contributed by atoms with Crippen LogP contribution in [0.25, 0.3) is 0 Å². The van der Waals surface area contributed by atoms with Crippen LogP contribution in [0.4, 0.5) is 14.5 Å². The Bertz CT molecular complexity index is 938. The molecule has 0 aromatic heterocycles. The first-order valence-electron chi connectivity index (χ1n) is 8.39. The van der Waals surface area contributed by atoms with E-state index in [0.717, 1.165) is 17.0 Å². The summed E-state index contributed by atoms with van der Waals surface area (Å²) >= 11 is 1.39. The lowest BCUT2D eigenvalue weighted by Gasteiger charge is -2.29. The lowest BCUT2D eigenvalue weighted by molar-refractivity contribution is -0.128. The Morgan fingerprint density at radius 2 is 1.93 bits per heavy atom. The number of hydrogen-bond acceptors (Lipinski definition) is 4. The molecule has 0 aliphatic carbocycles. The van der Waals surface area contributed by atoms with Gasteiger partial charge in [0.25, 0.3) is 0 Å². The number of fused-ring (bicyclic) bond motifs is 1. The van der Waals surface area contributed by atoms with Crippen LogP contribution in [0, 0.1) is 11.6 Å². The van der Waals surface area contributed by atoms with Gasteiger partial charge in [0, 0.05) is 11.9 Å². The minimum Gasteiger partial charge on any atom is -0.357 e. The molecule has 3 amide bonds. The summed E-state index contributed by atoms with van der Waals surface area (Å²) in [5.74, 6) is -3.42. The minimum absolute atomic E-state index is 0.0903. The van der Waals surface area contributed by atoms with E-state index in [1.54, 1.807) is 12.1 Å². The lowest BCUT2D eigenvalue weighted by atomic mass is 10.1. The molecule has 1 aliphatic rings. The zero-order chi connectivity index (χ0) is 20.3. The van der Waals surface area contributed by atoms with Crippen molar-refractivity contribution in [3.05, 3.63) is 59.7 Å². The fourth-order valence-electron chi connectivity index (χ4n) is 2.81. The van der Waals surface area contributed by atoms with Crippen molar-refractivity contribution in [2.24, 2.45) is 0 Å². The maximum atomic E-state index is 13.6. The normalized spacial score (nSPS) is 14.2. The highest BCUT2D eigenvalue weighted by Gasteiger charge is 2.29. The van der Waals surface area contributed by atoms with E-state index >= 15 is 0 Å². The van der Waals surface area contributed by atoms with Crippen LogP contribution >= 0.6 is 11.8 Å². The van der Waals surface area contributed by atoms with Gasteiger partial charge in [-0.3, -0.25) is 14.4 Å². The first-order chi connectivity index (χ1) is 13.4. The molecule has 1 heterocycles. The number of nitrogens with one attached hydrogen (secondary N) is 2. The molecule has 146 valence electrons. The third-order valence-corrected chi connectivity index (χ3v) is 5.25. The zero-order valence-electron chi connectivity index (χ0n) is 14.9. The Balaban J connectivity index is 1.80. The SMILES string of the molecule is CNC(=O)C(NC(=O)CN1C(=O)CSc2ccccc21)c1ccc(F)c(F)c1. The van der Waals surface area contributed by atoms with Gasteiger partial charge in [0.15, 0.2) is 11.6 Å². The Labute approximate surface area is 164 Å². The fourth-order valence-corrected chi connectivity index (χ4v) is 3.75. The summed E-state index contributed by atoms with van der Waals surface area (Å²) in [4.78, 5) is 39.2. The van der Waals surface area contributed by atoms with Gasteiger partial charge in [-0.15, -0.1) is 11.8 Å². The second-order valence-corrected chi connectivity index (χ2v) is 7.04. The summed E-state index contributed by atoms with van der Waals surface area (Å²) in [6, 6.07) is 8.92. The second-order valence-electron chi connectivity index (χ2n) is 6.02. The number of nitrogens with zero attached hydrogens (tertiary/aromatic N) is 1. The van der Waals surface area contributed by atoms with E-state index in [2.05, 4.69) is 10.6 Å². The second kappa shape index (κ2) is 8.39. The molecule has 2 aromatic carbocycles. The van der Waals surface area contributed by atoms with Gasteiger partial charge < -0.3 is 15.5 Å². The Morgan fingerprint density at radius 1 is 1.18 bits per heavy atom. The topological polar surface area (TPSA) is 78.5 Å². The van der Waals surface area contributed by atoms with Crippen LogP contribution in [-0.2, 0) is 14.4 Å². The summed E-state index contributed by atoms with van der Waals surface area (Å²) in [6.45, 7) is -0.298. The minimum atomic E-state index is -1.22. The molecule has 1 unspecified atom stereocenters. The third kappa shape index (κ3) is 4.14. The molecule has 2 aromatic rings. The van der Waals surface area contributed by atoms with Gasteiger partial charge in [0.2, 0.25) is 17.7 Å². The molecule has 0 saturated carbocycles. The summed E-state index contributed by atoms with van der Waals surface area (Å²) in [6.07, 6.45) is 0. The average Bonchev–Trinajstić information content (AvgIpc) is 2.70. The molecule has 0 bridgehead atoms. The first-order valence-corrected chi connectivity index (χ1v) is 9.37. The van der Waals surface area contributed by atoms with Crippen LogP contribution in [0.15, 0.2) is 47.4 Å². The third-order valence-electron chi connectivity index (χ3n) is 4.20. The van der Waals surface area contributed by atoms with Gasteiger partial charge in [-0.25, -0.2) is 8.78 Å². The molecule has 2 N–H and O–H groups in total. The number of hydrogen-bond donors (Lipinski definition) is 2. The highest BCUT2D eigenvalue weighted by molar-refractivity contribution is 8.00. The van der Waals surface area contributed by atoms with Gasteiger partial charge in [-0.1, -0.05) is 18.2 Å². The van der Waals surface area contributed by atoms with Crippen molar-refractivity contribution in [2.45, 2.75) is 10.9 Å². The molecule has 0 spiro atoms. The maximum absolute atomic E-state index is 13.6. The van der Waals surface area contributed by atoms with Crippen molar-refractivity contribution in [3.63, 3.8) is 0 Å². The van der Waals surface area contributed by atoms with E-state index in [-0.39, 0.29) is 23.8 Å². The van der Waals surface area contributed by atoms with E-state index in [0.29, 0.717) is 5.69 Å². The molecule has 0 saturated heterocycles. The molecule has 1 aliphatic heterocycles. The number of halogens is 2. The van der Waals surface area contributed by atoms with Crippen LogP contribution in [0.1, 0.15) is 11.6 Å². The molecule has 0 radical (unpaired) electrons. The van der Waals surface area contributed by atoms with Gasteiger partial charge in [-0.05, 0) is 29.8 Å². The predicted octanol–water partition coefficient (Wildman–Crippen LogP) is 2.01.